The fourth-order valence-electron chi connectivity index (χ4n) is 1.33. The molecule has 80 valence electrons. The molecule has 1 aromatic carbocycles. The van der Waals surface area contributed by atoms with Crippen LogP contribution in [0, 0.1) is 5.82 Å². The molecule has 2 nitrogen and oxygen atoms in total. The molecule has 0 fully saturated rings. The van der Waals surface area contributed by atoms with E-state index in [1.165, 1.54) is 18.2 Å². The van der Waals surface area contributed by atoms with Crippen LogP contribution in [-0.4, -0.2) is 10.1 Å². The summed E-state index contributed by atoms with van der Waals surface area (Å²) in [5.41, 5.74) is 1.06. The van der Waals surface area contributed by atoms with Crippen molar-refractivity contribution in [3.8, 4) is 0 Å². The van der Waals surface area contributed by atoms with Gasteiger partial charge in [-0.15, -0.1) is 0 Å². The first kappa shape index (κ1) is 10.4. The van der Waals surface area contributed by atoms with Crippen LogP contribution in [0.1, 0.15) is 11.3 Å². The highest BCUT2D eigenvalue weighted by atomic mass is 19.1. The summed E-state index contributed by atoms with van der Waals surface area (Å²) >= 11 is 0. The number of rotatable bonds is 2. The van der Waals surface area contributed by atoms with E-state index in [0.717, 1.165) is 0 Å². The van der Waals surface area contributed by atoms with Crippen molar-refractivity contribution in [3.05, 3.63) is 65.7 Å². The Morgan fingerprint density at radius 3 is 2.75 bits per heavy atom. The van der Waals surface area contributed by atoms with E-state index in [9.17, 15) is 9.50 Å². The van der Waals surface area contributed by atoms with Crippen molar-refractivity contribution in [3.63, 3.8) is 0 Å². The molecule has 0 saturated carbocycles. The fraction of sp³-hybridized carbons (Fsp3) is 0. The van der Waals surface area contributed by atoms with E-state index < -0.39 is 0 Å². The maximum atomic E-state index is 12.9. The van der Waals surface area contributed by atoms with E-state index in [1.807, 2.05) is 6.07 Å². The maximum absolute atomic E-state index is 12.9. The van der Waals surface area contributed by atoms with Gasteiger partial charge in [-0.3, -0.25) is 4.98 Å². The Morgan fingerprint density at radius 2 is 2.06 bits per heavy atom. The Morgan fingerprint density at radius 1 is 1.19 bits per heavy atom. The van der Waals surface area contributed by atoms with Gasteiger partial charge in [0.05, 0.1) is 5.69 Å². The lowest BCUT2D eigenvalue weighted by Crippen LogP contribution is -1.86. The van der Waals surface area contributed by atoms with E-state index in [2.05, 4.69) is 4.98 Å². The molecule has 2 aromatic rings. The predicted molar refractivity (Wildman–Crippen MR) is 61.1 cm³/mol. The summed E-state index contributed by atoms with van der Waals surface area (Å²) in [5.74, 6) is -0.378. The third-order valence-electron chi connectivity index (χ3n) is 2.09. The van der Waals surface area contributed by atoms with Crippen molar-refractivity contribution in [1.29, 1.82) is 0 Å². The van der Waals surface area contributed by atoms with Crippen molar-refractivity contribution in [1.82, 2.24) is 4.98 Å². The van der Waals surface area contributed by atoms with Crippen molar-refractivity contribution in [2.75, 3.05) is 0 Å². The lowest BCUT2D eigenvalue weighted by atomic mass is 10.1. The van der Waals surface area contributed by atoms with Crippen molar-refractivity contribution < 1.29 is 9.50 Å². The zero-order valence-electron chi connectivity index (χ0n) is 8.47. The fourth-order valence-corrected chi connectivity index (χ4v) is 1.33. The summed E-state index contributed by atoms with van der Waals surface area (Å²) in [6.07, 6.45) is 3.12. The summed E-state index contributed by atoms with van der Waals surface area (Å²) in [4.78, 5) is 4.04. The molecule has 1 N–H and O–H groups in total. The molecule has 0 atom stereocenters. The summed E-state index contributed by atoms with van der Waals surface area (Å²) in [7, 11) is 0. The van der Waals surface area contributed by atoms with E-state index in [-0.39, 0.29) is 11.6 Å². The van der Waals surface area contributed by atoms with Crippen LogP contribution >= 0.6 is 0 Å². The van der Waals surface area contributed by atoms with Gasteiger partial charge in [0.2, 0.25) is 0 Å². The lowest BCUT2D eigenvalue weighted by Gasteiger charge is -2.00. The van der Waals surface area contributed by atoms with E-state index in [0.29, 0.717) is 11.3 Å². The van der Waals surface area contributed by atoms with Gasteiger partial charge in [-0.05, 0) is 24.3 Å². The number of aliphatic hydroxyl groups excluding tert-OH is 1. The summed E-state index contributed by atoms with van der Waals surface area (Å²) < 4.78 is 12.9. The van der Waals surface area contributed by atoms with Crippen LogP contribution < -0.4 is 0 Å². The molecule has 1 heterocycles. The molecule has 1 aromatic heterocycles. The highest BCUT2D eigenvalue weighted by molar-refractivity contribution is 5.74. The standard InChI is InChI=1S/C13H10FNO/c14-11-5-3-4-10(8-11)13(16)9-12-6-1-2-7-15-12/h1-9,16H/b13-9-. The third-order valence-corrected chi connectivity index (χ3v) is 2.09. The smallest absolute Gasteiger partial charge is 0.125 e. The predicted octanol–water partition coefficient (Wildman–Crippen LogP) is 3.28. The van der Waals surface area contributed by atoms with Crippen LogP contribution in [0.2, 0.25) is 0 Å². The van der Waals surface area contributed by atoms with Crippen molar-refractivity contribution in [2.24, 2.45) is 0 Å². The molecule has 0 saturated heterocycles. The minimum Gasteiger partial charge on any atom is -0.507 e. The largest absolute Gasteiger partial charge is 0.507 e. The Balaban J connectivity index is 2.32. The molecule has 0 unspecified atom stereocenters. The van der Waals surface area contributed by atoms with Crippen LogP contribution in [0.3, 0.4) is 0 Å². The Hall–Kier alpha value is -2.16. The van der Waals surface area contributed by atoms with Crippen LogP contribution in [-0.2, 0) is 0 Å². The third kappa shape index (κ3) is 2.45. The van der Waals surface area contributed by atoms with E-state index in [4.69, 9.17) is 0 Å². The molecule has 2 rings (SSSR count). The molecular formula is C13H10FNO. The molecule has 0 bridgehead atoms. The number of nitrogens with zero attached hydrogens (tertiary/aromatic N) is 1. The van der Waals surface area contributed by atoms with Crippen LogP contribution in [0.4, 0.5) is 4.39 Å². The maximum Gasteiger partial charge on any atom is 0.125 e. The second-order valence-corrected chi connectivity index (χ2v) is 3.29. The second kappa shape index (κ2) is 4.57. The van der Waals surface area contributed by atoms with Crippen LogP contribution in [0.25, 0.3) is 11.8 Å². The summed E-state index contributed by atoms with van der Waals surface area (Å²) in [6.45, 7) is 0. The monoisotopic (exact) mass is 215 g/mol. The van der Waals surface area contributed by atoms with Gasteiger partial charge < -0.3 is 5.11 Å². The SMILES string of the molecule is O/C(=C\c1ccccn1)c1cccc(F)c1. The molecule has 0 radical (unpaired) electrons. The molecule has 16 heavy (non-hydrogen) atoms. The average molecular weight is 215 g/mol. The van der Waals surface area contributed by atoms with Gasteiger partial charge in [0.25, 0.3) is 0 Å². The Bertz CT molecular complexity index is 508. The number of aliphatic hydroxyl groups is 1. The van der Waals surface area contributed by atoms with Gasteiger partial charge in [-0.25, -0.2) is 4.39 Å². The number of halogens is 1. The van der Waals surface area contributed by atoms with Gasteiger partial charge in [-0.1, -0.05) is 18.2 Å². The zero-order chi connectivity index (χ0) is 11.4. The number of benzene rings is 1. The van der Waals surface area contributed by atoms with Gasteiger partial charge >= 0.3 is 0 Å². The Labute approximate surface area is 92.7 Å². The average Bonchev–Trinajstić information content (AvgIpc) is 2.30. The first-order valence-corrected chi connectivity index (χ1v) is 4.83. The first-order chi connectivity index (χ1) is 7.75. The lowest BCUT2D eigenvalue weighted by molar-refractivity contribution is 0.514. The molecule has 0 aliphatic carbocycles. The van der Waals surface area contributed by atoms with Gasteiger partial charge in [0.1, 0.15) is 11.6 Å². The molecule has 0 aliphatic rings. The minimum atomic E-state index is -0.376. The molecule has 0 aliphatic heterocycles. The second-order valence-electron chi connectivity index (χ2n) is 3.29. The number of hydrogen-bond acceptors (Lipinski definition) is 2. The van der Waals surface area contributed by atoms with Crippen LogP contribution in [0.15, 0.2) is 48.7 Å². The summed E-state index contributed by atoms with van der Waals surface area (Å²) in [5, 5.41) is 9.75. The highest BCUT2D eigenvalue weighted by Crippen LogP contribution is 2.15. The van der Waals surface area contributed by atoms with Gasteiger partial charge in [-0.2, -0.15) is 0 Å². The first-order valence-electron chi connectivity index (χ1n) is 4.83. The van der Waals surface area contributed by atoms with Gasteiger partial charge in [0.15, 0.2) is 0 Å². The topological polar surface area (TPSA) is 33.1 Å². The zero-order valence-corrected chi connectivity index (χ0v) is 8.47. The molecule has 3 heteroatoms. The minimum absolute atomic E-state index is 0.00167. The number of aromatic nitrogens is 1. The van der Waals surface area contributed by atoms with Crippen molar-refractivity contribution >= 4 is 11.8 Å². The quantitative estimate of drug-likeness (QED) is 0.780. The van der Waals surface area contributed by atoms with Crippen LogP contribution in [0.5, 0.6) is 0 Å². The van der Waals surface area contributed by atoms with Crippen molar-refractivity contribution in [2.45, 2.75) is 0 Å². The Kier molecular flexibility index (Phi) is 2.96. The van der Waals surface area contributed by atoms with E-state index >= 15 is 0 Å². The highest BCUT2D eigenvalue weighted by Gasteiger charge is 2.00. The summed E-state index contributed by atoms with van der Waals surface area (Å²) in [6, 6.07) is 11.2. The molecular weight excluding hydrogens is 205 g/mol. The van der Waals surface area contributed by atoms with Gasteiger partial charge in [0, 0.05) is 17.8 Å². The normalized spacial score (nSPS) is 11.4. The molecule has 0 amide bonds. The van der Waals surface area contributed by atoms with E-state index in [1.54, 1.807) is 30.5 Å². The number of pyridine rings is 1. The number of hydrogen-bond donors (Lipinski definition) is 1. The molecule has 0 spiro atoms.